The number of halogens is 3. The first-order valence-electron chi connectivity index (χ1n) is 11.2. The zero-order valence-corrected chi connectivity index (χ0v) is 20.7. The van der Waals surface area contributed by atoms with Crippen LogP contribution in [0.3, 0.4) is 0 Å². The molecule has 0 saturated carbocycles. The Bertz CT molecular complexity index is 1380. The van der Waals surface area contributed by atoms with Crippen molar-refractivity contribution in [1.29, 1.82) is 0 Å². The number of hydrogen-bond acceptors (Lipinski definition) is 6. The van der Waals surface area contributed by atoms with Crippen LogP contribution < -0.4 is 21.1 Å². The third-order valence-corrected chi connectivity index (χ3v) is 5.63. The summed E-state index contributed by atoms with van der Waals surface area (Å²) in [6, 6.07) is 8.23. The summed E-state index contributed by atoms with van der Waals surface area (Å²) in [4.78, 5) is 21.3. The van der Waals surface area contributed by atoms with E-state index in [-0.39, 0.29) is 29.6 Å². The molecule has 0 aliphatic heterocycles. The molecule has 0 saturated heterocycles. The molecular weight excluding hydrogens is 490 g/mol. The summed E-state index contributed by atoms with van der Waals surface area (Å²) in [6.45, 7) is 3.00. The Kier molecular flexibility index (Phi) is 8.78. The van der Waals surface area contributed by atoms with Crippen LogP contribution in [0.1, 0.15) is 29.3 Å². The minimum atomic E-state index is -1.06. The smallest absolute Gasteiger partial charge is 0.251 e. The minimum Gasteiger partial charge on any atom is -0.494 e. The van der Waals surface area contributed by atoms with E-state index in [1.807, 2.05) is 13.0 Å². The van der Waals surface area contributed by atoms with Crippen LogP contribution in [0.4, 0.5) is 20.3 Å². The van der Waals surface area contributed by atoms with E-state index in [4.69, 9.17) is 10.5 Å². The number of carbonyl (C=O) groups excluding carboxylic acids is 1. The number of benzene rings is 2. The van der Waals surface area contributed by atoms with Gasteiger partial charge in [0.2, 0.25) is 5.82 Å². The van der Waals surface area contributed by atoms with Gasteiger partial charge in [0.1, 0.15) is 0 Å². The van der Waals surface area contributed by atoms with Gasteiger partial charge in [-0.1, -0.05) is 6.92 Å². The van der Waals surface area contributed by atoms with Gasteiger partial charge in [-0.25, -0.2) is 14.4 Å². The number of fused-ring (bicyclic) bond motifs is 1. The van der Waals surface area contributed by atoms with Crippen molar-refractivity contribution in [2.45, 2.75) is 19.8 Å². The van der Waals surface area contributed by atoms with Gasteiger partial charge in [-0.3, -0.25) is 9.20 Å². The summed E-state index contributed by atoms with van der Waals surface area (Å²) >= 11 is 0. The Morgan fingerprint density at radius 3 is 2.69 bits per heavy atom. The van der Waals surface area contributed by atoms with Crippen molar-refractivity contribution in [2.24, 2.45) is 5.73 Å². The van der Waals surface area contributed by atoms with Crippen LogP contribution in [-0.4, -0.2) is 40.5 Å². The van der Waals surface area contributed by atoms with Gasteiger partial charge in [-0.05, 0) is 55.3 Å². The molecule has 11 heteroatoms. The number of anilines is 2. The van der Waals surface area contributed by atoms with Crippen LogP contribution >= 0.6 is 12.4 Å². The number of ether oxygens (including phenoxy) is 1. The van der Waals surface area contributed by atoms with Gasteiger partial charge in [0, 0.05) is 35.8 Å². The van der Waals surface area contributed by atoms with E-state index in [0.29, 0.717) is 54.3 Å². The molecule has 4 rings (SSSR count). The molecule has 4 aromatic rings. The van der Waals surface area contributed by atoms with Crippen molar-refractivity contribution < 1.29 is 18.3 Å². The van der Waals surface area contributed by atoms with Crippen LogP contribution in [0.5, 0.6) is 5.75 Å². The highest BCUT2D eigenvalue weighted by Crippen LogP contribution is 2.31. The van der Waals surface area contributed by atoms with Crippen molar-refractivity contribution in [3.63, 3.8) is 0 Å². The first-order valence-corrected chi connectivity index (χ1v) is 11.2. The molecule has 2 aromatic carbocycles. The van der Waals surface area contributed by atoms with Gasteiger partial charge in [0.05, 0.1) is 19.0 Å². The van der Waals surface area contributed by atoms with Gasteiger partial charge >= 0.3 is 0 Å². The van der Waals surface area contributed by atoms with Crippen molar-refractivity contribution in [1.82, 2.24) is 19.7 Å². The van der Waals surface area contributed by atoms with E-state index in [1.54, 1.807) is 22.7 Å². The lowest BCUT2D eigenvalue weighted by Gasteiger charge is -2.13. The molecule has 0 bridgehead atoms. The molecule has 0 aliphatic rings. The molecule has 0 spiro atoms. The Morgan fingerprint density at radius 1 is 1.17 bits per heavy atom. The van der Waals surface area contributed by atoms with Gasteiger partial charge in [-0.15, -0.1) is 12.4 Å². The van der Waals surface area contributed by atoms with E-state index < -0.39 is 11.6 Å². The van der Waals surface area contributed by atoms with Crippen LogP contribution in [0, 0.1) is 11.6 Å². The van der Waals surface area contributed by atoms with Gasteiger partial charge in [0.15, 0.2) is 23.0 Å². The maximum Gasteiger partial charge on any atom is 0.251 e. The first kappa shape index (κ1) is 26.8. The van der Waals surface area contributed by atoms with E-state index in [1.165, 1.54) is 31.6 Å². The zero-order chi connectivity index (χ0) is 24.9. The molecule has 0 aliphatic carbocycles. The third-order valence-electron chi connectivity index (χ3n) is 5.63. The van der Waals surface area contributed by atoms with Crippen molar-refractivity contribution >= 4 is 35.5 Å². The number of nitrogens with zero attached hydrogens (tertiary/aromatic N) is 3. The molecule has 36 heavy (non-hydrogen) atoms. The number of methoxy groups -OCH3 is 1. The number of amides is 1. The molecule has 0 unspecified atom stereocenters. The SMILES string of the molecule is CCc1cc(Nc2nccn3c(-c4ccc(OC)c(F)c4F)cnc23)ccc1C(=O)NCCCN.Cl. The fourth-order valence-corrected chi connectivity index (χ4v) is 3.82. The predicted molar refractivity (Wildman–Crippen MR) is 137 cm³/mol. The monoisotopic (exact) mass is 516 g/mol. The third kappa shape index (κ3) is 5.24. The second-order valence-electron chi connectivity index (χ2n) is 7.80. The second kappa shape index (κ2) is 11.8. The molecule has 0 radical (unpaired) electrons. The summed E-state index contributed by atoms with van der Waals surface area (Å²) in [5.41, 5.74) is 8.51. The zero-order valence-electron chi connectivity index (χ0n) is 19.8. The molecule has 0 atom stereocenters. The Morgan fingerprint density at radius 2 is 1.97 bits per heavy atom. The molecule has 8 nitrogen and oxygen atoms in total. The molecule has 190 valence electrons. The van der Waals surface area contributed by atoms with E-state index in [9.17, 15) is 13.6 Å². The van der Waals surface area contributed by atoms with Gasteiger partial charge in [0.25, 0.3) is 5.91 Å². The fraction of sp³-hybridized carbons (Fsp3) is 0.240. The highest BCUT2D eigenvalue weighted by Gasteiger charge is 2.19. The molecular formula is C25H27ClF2N6O2. The Labute approximate surface area is 213 Å². The standard InChI is InChI=1S/C25H26F2N6O2.ClH/c1-3-15-13-16(5-6-17(15)25(34)30-10-4-9-28)32-23-24-31-14-19(33(24)12-11-29-23)18-7-8-20(35-2)22(27)21(18)26;/h5-8,11-14H,3-4,9-10,28H2,1-2H3,(H,29,32)(H,30,34);1H. The largest absolute Gasteiger partial charge is 0.494 e. The average molecular weight is 517 g/mol. The van der Waals surface area contributed by atoms with Gasteiger partial charge in [-0.2, -0.15) is 4.39 Å². The first-order chi connectivity index (χ1) is 17.0. The van der Waals surface area contributed by atoms with E-state index >= 15 is 0 Å². The average Bonchev–Trinajstić information content (AvgIpc) is 3.30. The number of hydrogen-bond donors (Lipinski definition) is 3. The lowest BCUT2D eigenvalue weighted by atomic mass is 10.0. The number of aryl methyl sites for hydroxylation is 1. The van der Waals surface area contributed by atoms with E-state index in [0.717, 1.165) is 5.56 Å². The number of aromatic nitrogens is 3. The Hall–Kier alpha value is -3.76. The van der Waals surface area contributed by atoms with Crippen LogP contribution in [-0.2, 0) is 6.42 Å². The molecule has 4 N–H and O–H groups in total. The van der Waals surface area contributed by atoms with Crippen molar-refractivity contribution in [2.75, 3.05) is 25.5 Å². The van der Waals surface area contributed by atoms with E-state index in [2.05, 4.69) is 20.6 Å². The van der Waals surface area contributed by atoms with Crippen molar-refractivity contribution in [3.8, 4) is 17.0 Å². The summed E-state index contributed by atoms with van der Waals surface area (Å²) in [5.74, 6) is -1.98. The number of carbonyl (C=O) groups is 1. The van der Waals surface area contributed by atoms with Crippen molar-refractivity contribution in [3.05, 3.63) is 71.7 Å². The normalized spacial score (nSPS) is 10.7. The number of imidazole rings is 1. The summed E-state index contributed by atoms with van der Waals surface area (Å²) in [6.07, 6.45) is 5.98. The van der Waals surface area contributed by atoms with Crippen LogP contribution in [0.25, 0.3) is 16.9 Å². The van der Waals surface area contributed by atoms with Crippen LogP contribution in [0.2, 0.25) is 0 Å². The maximum atomic E-state index is 14.7. The van der Waals surface area contributed by atoms with Gasteiger partial charge < -0.3 is 21.1 Å². The molecule has 0 fully saturated rings. The lowest BCUT2D eigenvalue weighted by Crippen LogP contribution is -2.26. The maximum absolute atomic E-state index is 14.7. The minimum absolute atomic E-state index is 0. The summed E-state index contributed by atoms with van der Waals surface area (Å²) in [5, 5.41) is 6.09. The number of rotatable bonds is 9. The van der Waals surface area contributed by atoms with Crippen LogP contribution in [0.15, 0.2) is 48.9 Å². The molecule has 2 heterocycles. The second-order valence-corrected chi connectivity index (χ2v) is 7.80. The topological polar surface area (TPSA) is 107 Å². The lowest BCUT2D eigenvalue weighted by molar-refractivity contribution is 0.0952. The number of nitrogens with one attached hydrogen (secondary N) is 2. The number of nitrogens with two attached hydrogens (primary N) is 1. The Balaban J connectivity index is 0.00000361. The summed E-state index contributed by atoms with van der Waals surface area (Å²) < 4.78 is 35.5. The fourth-order valence-electron chi connectivity index (χ4n) is 3.82. The predicted octanol–water partition coefficient (Wildman–Crippen LogP) is 4.49. The summed E-state index contributed by atoms with van der Waals surface area (Å²) in [7, 11) is 1.28. The molecule has 2 aromatic heterocycles. The highest BCUT2D eigenvalue weighted by atomic mass is 35.5. The molecule has 1 amide bonds. The highest BCUT2D eigenvalue weighted by molar-refractivity contribution is 5.96. The quantitative estimate of drug-likeness (QED) is 0.283.